The fourth-order valence-electron chi connectivity index (χ4n) is 10.4. The van der Waals surface area contributed by atoms with Crippen molar-refractivity contribution in [3.63, 3.8) is 0 Å². The van der Waals surface area contributed by atoms with Crippen LogP contribution >= 0.6 is 0 Å². The summed E-state index contributed by atoms with van der Waals surface area (Å²) < 4.78 is 0. The van der Waals surface area contributed by atoms with Crippen molar-refractivity contribution in [2.24, 2.45) is 52.8 Å². The monoisotopic (exact) mass is 429 g/mol. The summed E-state index contributed by atoms with van der Waals surface area (Å²) in [6.45, 7) is 9.23. The standard InChI is InChI=1S/C27H43NO3/c1-15-4-7-25-27(3,31)21-6-5-17-18(20(21)14-28(25)13-15)11-22-19(17)12-24(30)23-10-16(29)8-9-26(22,23)2/h15-23,25,29,31H,4-14H2,1-3H3/t15-,16-,17-,18-,19+,20+,21+,22+,23-,25+,26-,27+/m1/s1. The molecule has 2 saturated heterocycles. The SMILES string of the molecule is C[C@@H]1CC[C@@H]2N(C1)C[C@H]1[C@@H]3C[C@H]4[C@@H](CC(=O)[C@H]5C[C@H](O)CC[C@@]54C)[C@@H]3CC[C@@H]1[C@]2(C)O. The van der Waals surface area contributed by atoms with E-state index in [2.05, 4.69) is 25.7 Å². The van der Waals surface area contributed by atoms with Gasteiger partial charge in [-0.05, 0) is 105 Å². The first kappa shape index (κ1) is 21.1. The largest absolute Gasteiger partial charge is 0.393 e. The number of fused-ring (bicyclic) bond motifs is 8. The quantitative estimate of drug-likeness (QED) is 0.613. The van der Waals surface area contributed by atoms with E-state index in [0.29, 0.717) is 53.8 Å². The first-order valence-electron chi connectivity index (χ1n) is 13.4. The van der Waals surface area contributed by atoms with Crippen LogP contribution in [0.5, 0.6) is 0 Å². The number of Topliss-reactive ketones (excluding diaryl/α,β-unsaturated/α-hetero) is 1. The number of carbonyl (C=O) groups is 1. The van der Waals surface area contributed by atoms with Crippen molar-refractivity contribution in [1.29, 1.82) is 0 Å². The van der Waals surface area contributed by atoms with Crippen molar-refractivity contribution in [3.8, 4) is 0 Å². The maximum absolute atomic E-state index is 13.2. The molecule has 0 spiro atoms. The second-order valence-corrected chi connectivity index (χ2v) is 13.2. The molecule has 174 valence electrons. The molecule has 0 amide bonds. The molecular formula is C27H43NO3. The molecule has 2 heterocycles. The number of aliphatic hydroxyl groups excluding tert-OH is 1. The molecular weight excluding hydrogens is 386 g/mol. The Balaban J connectivity index is 1.31. The minimum atomic E-state index is -0.570. The van der Waals surface area contributed by atoms with E-state index < -0.39 is 5.60 Å². The molecule has 12 atom stereocenters. The van der Waals surface area contributed by atoms with Gasteiger partial charge in [0, 0.05) is 31.5 Å². The van der Waals surface area contributed by atoms with E-state index in [1.807, 2.05) is 0 Å². The van der Waals surface area contributed by atoms with E-state index in [9.17, 15) is 15.0 Å². The second kappa shape index (κ2) is 7.03. The molecule has 0 aromatic heterocycles. The van der Waals surface area contributed by atoms with E-state index in [0.717, 1.165) is 44.6 Å². The van der Waals surface area contributed by atoms with Gasteiger partial charge in [-0.15, -0.1) is 0 Å². The smallest absolute Gasteiger partial charge is 0.136 e. The van der Waals surface area contributed by atoms with Crippen LogP contribution in [0.15, 0.2) is 0 Å². The molecule has 0 unspecified atom stereocenters. The van der Waals surface area contributed by atoms with Gasteiger partial charge in [0.2, 0.25) is 0 Å². The summed E-state index contributed by atoms with van der Waals surface area (Å²) in [5, 5.41) is 22.1. The fraction of sp³-hybridized carbons (Fsp3) is 0.963. The Morgan fingerprint density at radius 1 is 0.903 bits per heavy atom. The zero-order chi connectivity index (χ0) is 21.7. The first-order valence-corrected chi connectivity index (χ1v) is 13.4. The van der Waals surface area contributed by atoms with Crippen molar-refractivity contribution in [2.45, 2.75) is 96.3 Å². The number of carbonyl (C=O) groups excluding carboxylic acids is 1. The number of hydrogen-bond donors (Lipinski definition) is 2. The number of ketones is 1. The van der Waals surface area contributed by atoms with Gasteiger partial charge in [-0.2, -0.15) is 0 Å². The Morgan fingerprint density at radius 2 is 1.71 bits per heavy atom. The van der Waals surface area contributed by atoms with Gasteiger partial charge >= 0.3 is 0 Å². The van der Waals surface area contributed by atoms with Gasteiger partial charge in [-0.3, -0.25) is 9.69 Å². The molecule has 6 fully saturated rings. The molecule has 0 radical (unpaired) electrons. The average Bonchev–Trinajstić information content (AvgIpc) is 3.09. The Morgan fingerprint density at radius 3 is 2.52 bits per heavy atom. The minimum Gasteiger partial charge on any atom is -0.393 e. The van der Waals surface area contributed by atoms with Gasteiger partial charge in [0.25, 0.3) is 0 Å². The van der Waals surface area contributed by atoms with E-state index in [1.54, 1.807) is 0 Å². The molecule has 0 bridgehead atoms. The molecule has 0 aromatic carbocycles. The van der Waals surface area contributed by atoms with Crippen molar-refractivity contribution in [3.05, 3.63) is 0 Å². The van der Waals surface area contributed by atoms with Crippen LogP contribution in [0.1, 0.15) is 78.6 Å². The maximum atomic E-state index is 13.2. The van der Waals surface area contributed by atoms with Gasteiger partial charge in [0.15, 0.2) is 0 Å². The van der Waals surface area contributed by atoms with Crippen LogP contribution < -0.4 is 0 Å². The van der Waals surface area contributed by atoms with Crippen LogP contribution in [0, 0.1) is 52.8 Å². The van der Waals surface area contributed by atoms with Gasteiger partial charge in [-0.25, -0.2) is 0 Å². The number of piperidine rings is 2. The topological polar surface area (TPSA) is 60.8 Å². The van der Waals surface area contributed by atoms with Gasteiger partial charge < -0.3 is 10.2 Å². The van der Waals surface area contributed by atoms with Gasteiger partial charge in [0.05, 0.1) is 11.7 Å². The summed E-state index contributed by atoms with van der Waals surface area (Å²) >= 11 is 0. The van der Waals surface area contributed by atoms with E-state index in [1.165, 1.54) is 25.8 Å². The summed E-state index contributed by atoms with van der Waals surface area (Å²) in [7, 11) is 0. The summed E-state index contributed by atoms with van der Waals surface area (Å²) in [4.78, 5) is 15.9. The number of nitrogens with zero attached hydrogens (tertiary/aromatic N) is 1. The highest BCUT2D eigenvalue weighted by Crippen LogP contribution is 2.66. The molecule has 4 heteroatoms. The molecule has 2 N–H and O–H groups in total. The Hall–Kier alpha value is -0.450. The van der Waals surface area contributed by atoms with Gasteiger partial charge in [-0.1, -0.05) is 13.8 Å². The second-order valence-electron chi connectivity index (χ2n) is 13.2. The highest BCUT2D eigenvalue weighted by molar-refractivity contribution is 5.83. The third kappa shape index (κ3) is 2.93. The third-order valence-electron chi connectivity index (χ3n) is 11.8. The van der Waals surface area contributed by atoms with Crippen LogP contribution in [-0.4, -0.2) is 51.7 Å². The molecule has 0 aromatic rings. The molecule has 31 heavy (non-hydrogen) atoms. The highest BCUT2D eigenvalue weighted by atomic mass is 16.3. The lowest BCUT2D eigenvalue weighted by atomic mass is 9.51. The fourth-order valence-corrected chi connectivity index (χ4v) is 10.4. The molecule has 6 aliphatic rings. The van der Waals surface area contributed by atoms with Gasteiger partial charge in [0.1, 0.15) is 5.78 Å². The van der Waals surface area contributed by atoms with Crippen LogP contribution in [0.2, 0.25) is 0 Å². The highest BCUT2D eigenvalue weighted by Gasteiger charge is 2.64. The number of aliphatic hydroxyl groups is 2. The average molecular weight is 430 g/mol. The summed E-state index contributed by atoms with van der Waals surface area (Å²) in [5.74, 6) is 4.82. The van der Waals surface area contributed by atoms with E-state index >= 15 is 0 Å². The molecule has 4 saturated carbocycles. The molecule has 2 aliphatic heterocycles. The van der Waals surface area contributed by atoms with Crippen LogP contribution in [0.4, 0.5) is 0 Å². The van der Waals surface area contributed by atoms with Crippen molar-refractivity contribution < 1.29 is 15.0 Å². The van der Waals surface area contributed by atoms with E-state index in [4.69, 9.17) is 0 Å². The van der Waals surface area contributed by atoms with Crippen molar-refractivity contribution >= 4 is 5.78 Å². The maximum Gasteiger partial charge on any atom is 0.136 e. The Labute approximate surface area is 188 Å². The van der Waals surface area contributed by atoms with Crippen LogP contribution in [0.25, 0.3) is 0 Å². The van der Waals surface area contributed by atoms with E-state index in [-0.39, 0.29) is 17.4 Å². The number of rotatable bonds is 0. The Bertz CT molecular complexity index is 751. The minimum absolute atomic E-state index is 0.0789. The third-order valence-corrected chi connectivity index (χ3v) is 11.8. The summed E-state index contributed by atoms with van der Waals surface area (Å²) in [5.41, 5.74) is -0.482. The zero-order valence-electron chi connectivity index (χ0n) is 19.8. The lowest BCUT2D eigenvalue weighted by Crippen LogP contribution is -2.67. The number of hydrogen-bond acceptors (Lipinski definition) is 4. The summed E-state index contributed by atoms with van der Waals surface area (Å²) in [6, 6.07) is 0.341. The molecule has 4 nitrogen and oxygen atoms in total. The predicted octanol–water partition coefficient (Wildman–Crippen LogP) is 3.89. The lowest BCUT2D eigenvalue weighted by Gasteiger charge is -2.59. The Kier molecular flexibility index (Phi) is 4.78. The van der Waals surface area contributed by atoms with Crippen molar-refractivity contribution in [1.82, 2.24) is 4.90 Å². The van der Waals surface area contributed by atoms with Crippen molar-refractivity contribution in [2.75, 3.05) is 13.1 Å². The van der Waals surface area contributed by atoms with Crippen LogP contribution in [-0.2, 0) is 4.79 Å². The normalized spacial score (nSPS) is 59.2. The zero-order valence-corrected chi connectivity index (χ0v) is 19.8. The molecule has 4 aliphatic carbocycles. The summed E-state index contributed by atoms with van der Waals surface area (Å²) in [6.07, 6.45) is 9.08. The van der Waals surface area contributed by atoms with Crippen LogP contribution in [0.3, 0.4) is 0 Å². The molecule has 6 rings (SSSR count). The first-order chi connectivity index (χ1) is 14.7. The predicted molar refractivity (Wildman–Crippen MR) is 120 cm³/mol. The lowest BCUT2D eigenvalue weighted by molar-refractivity contribution is -0.175.